The van der Waals surface area contributed by atoms with Crippen LogP contribution >= 0.6 is 0 Å². The molecule has 31 heavy (non-hydrogen) atoms. The van der Waals surface area contributed by atoms with Crippen molar-refractivity contribution in [3.05, 3.63) is 41.5 Å². The molecule has 1 aliphatic rings. The summed E-state index contributed by atoms with van der Waals surface area (Å²) < 4.78 is 20.5. The van der Waals surface area contributed by atoms with E-state index in [0.717, 1.165) is 63.0 Å². The van der Waals surface area contributed by atoms with Gasteiger partial charge in [0, 0.05) is 0 Å². The molecule has 1 aliphatic heterocycles. The monoisotopic (exact) mass is 616 g/mol. The molecule has 2 aromatic rings. The van der Waals surface area contributed by atoms with Crippen molar-refractivity contribution in [1.82, 2.24) is 7.36 Å². The molecule has 166 valence electrons. The molecule has 7 heteroatoms. The number of hydrogen-bond donors (Lipinski definition) is 0. The molecular weight excluding hydrogens is 579 g/mol. The summed E-state index contributed by atoms with van der Waals surface area (Å²) >= 11 is 0.728. The van der Waals surface area contributed by atoms with Crippen molar-refractivity contribution in [2.24, 2.45) is 5.41 Å². The predicted molar refractivity (Wildman–Crippen MR) is 127 cm³/mol. The molecular formula is C24H36BN2O3Tl. The van der Waals surface area contributed by atoms with Crippen LogP contribution in [-0.4, -0.2) is 58.9 Å². The summed E-state index contributed by atoms with van der Waals surface area (Å²) in [5, 5.41) is 0. The topological polar surface area (TPSA) is 45.5 Å². The fourth-order valence-electron chi connectivity index (χ4n) is 3.70. The minimum atomic E-state index is -0.416. The molecule has 0 N–H and O–H groups in total. The Balaban J connectivity index is 1.71. The summed E-state index contributed by atoms with van der Waals surface area (Å²) in [7, 11) is 1.29. The van der Waals surface area contributed by atoms with Crippen LogP contribution in [0.4, 0.5) is 0 Å². The molecule has 1 aromatic heterocycles. The second kappa shape index (κ2) is 9.18. The Labute approximate surface area is 204 Å². The molecule has 1 saturated heterocycles. The van der Waals surface area contributed by atoms with E-state index in [1.54, 1.807) is 7.11 Å². The summed E-state index contributed by atoms with van der Waals surface area (Å²) in [6, 6.07) is 6.36. The summed E-state index contributed by atoms with van der Waals surface area (Å²) in [5.74, 6) is 2.01. The van der Waals surface area contributed by atoms with Gasteiger partial charge in [-0.3, -0.25) is 0 Å². The molecule has 1 aromatic carbocycles. The summed E-state index contributed by atoms with van der Waals surface area (Å²) in [6.45, 7) is 15.2. The first-order chi connectivity index (χ1) is 14.4. The fourth-order valence-corrected chi connectivity index (χ4v) is 5.10. The van der Waals surface area contributed by atoms with E-state index in [1.165, 1.54) is 17.1 Å². The van der Waals surface area contributed by atoms with Crippen LogP contribution < -0.4 is 10.2 Å². The Bertz CT molecular complexity index is 908. The van der Waals surface area contributed by atoms with Crippen molar-refractivity contribution in [2.45, 2.75) is 85.4 Å². The molecule has 5 nitrogen and oxygen atoms in total. The van der Waals surface area contributed by atoms with Crippen LogP contribution in [0.25, 0.3) is 0 Å². The van der Waals surface area contributed by atoms with Crippen molar-refractivity contribution >= 4 is 38.6 Å². The third-order valence-electron chi connectivity index (χ3n) is 6.92. The van der Waals surface area contributed by atoms with Crippen LogP contribution in [0.15, 0.2) is 24.4 Å². The van der Waals surface area contributed by atoms with Crippen molar-refractivity contribution in [1.29, 1.82) is 0 Å². The fraction of sp³-hybridized carbons (Fsp3) is 0.625. The number of ether oxygens (including phenoxy) is 1. The molecule has 0 unspecified atom stereocenters. The molecule has 0 spiro atoms. The van der Waals surface area contributed by atoms with Crippen molar-refractivity contribution < 1.29 is 14.0 Å². The van der Waals surface area contributed by atoms with E-state index in [0.29, 0.717) is 5.41 Å². The Kier molecular flexibility index (Phi) is 7.33. The van der Waals surface area contributed by atoms with Gasteiger partial charge in [0.15, 0.2) is 0 Å². The first-order valence-corrected chi connectivity index (χ1v) is 13.2. The van der Waals surface area contributed by atoms with Gasteiger partial charge >= 0.3 is 205 Å². The molecule has 2 heterocycles. The second-order valence-corrected chi connectivity index (χ2v) is 12.6. The zero-order valence-corrected chi connectivity index (χ0v) is 24.9. The SMILES string of the molecule is CCC(C)(C)Cc1c[n]([Tl])c(CCc2ccc(B3OC(C)(C)C(C)(C)O3)c(OC)c2)n1. The standard InChI is InChI=1S/C24H36BN2O3.Tl/c1-9-22(2,3)15-18-16-26-21(27-18)13-11-17-10-12-19(20(14-17)28-8)25-29-23(4,5)24(6,7)30-25;/h10,12,14,16H,9,11,13,15H2,1-8H3;/q-1;+1. The molecule has 0 bridgehead atoms. The normalized spacial score (nSPS) is 17.8. The predicted octanol–water partition coefficient (Wildman–Crippen LogP) is 3.89. The van der Waals surface area contributed by atoms with Crippen molar-refractivity contribution in [3.63, 3.8) is 0 Å². The molecule has 0 radical (unpaired) electrons. The first kappa shape index (κ1) is 24.8. The van der Waals surface area contributed by atoms with Gasteiger partial charge in [0.05, 0.1) is 0 Å². The number of rotatable bonds is 8. The van der Waals surface area contributed by atoms with Gasteiger partial charge in [-0.1, -0.05) is 0 Å². The van der Waals surface area contributed by atoms with Crippen LogP contribution in [0.3, 0.4) is 0 Å². The zero-order chi connectivity index (χ0) is 23.0. The number of imidazole rings is 1. The van der Waals surface area contributed by atoms with Crippen molar-refractivity contribution in [3.8, 4) is 5.75 Å². The molecule has 0 saturated carbocycles. The Hall–Kier alpha value is -0.863. The molecule has 0 amide bonds. The molecule has 0 aliphatic carbocycles. The van der Waals surface area contributed by atoms with Gasteiger partial charge in [0.25, 0.3) is 0 Å². The van der Waals surface area contributed by atoms with Crippen LogP contribution in [0, 0.1) is 5.41 Å². The van der Waals surface area contributed by atoms with Gasteiger partial charge in [0.2, 0.25) is 0 Å². The van der Waals surface area contributed by atoms with Crippen molar-refractivity contribution in [2.75, 3.05) is 7.11 Å². The summed E-state index contributed by atoms with van der Waals surface area (Å²) in [4.78, 5) is 4.95. The Morgan fingerprint density at radius 2 is 1.77 bits per heavy atom. The quantitative estimate of drug-likeness (QED) is 0.423. The minimum absolute atomic E-state index is 0.299. The summed E-state index contributed by atoms with van der Waals surface area (Å²) in [6.07, 6.45) is 6.31. The number of aryl methyl sites for hydroxylation is 2. The molecule has 1 fully saturated rings. The third kappa shape index (κ3) is 5.56. The van der Waals surface area contributed by atoms with E-state index in [9.17, 15) is 0 Å². The van der Waals surface area contributed by atoms with Gasteiger partial charge in [-0.25, -0.2) is 0 Å². The van der Waals surface area contributed by atoms with Crippen LogP contribution in [-0.2, 0) is 28.6 Å². The van der Waals surface area contributed by atoms with Gasteiger partial charge in [-0.15, -0.1) is 0 Å². The number of nitrogens with zero attached hydrogens (tertiary/aromatic N) is 2. The van der Waals surface area contributed by atoms with Gasteiger partial charge in [0.1, 0.15) is 0 Å². The van der Waals surface area contributed by atoms with Gasteiger partial charge < -0.3 is 0 Å². The first-order valence-electron chi connectivity index (χ1n) is 11.2. The third-order valence-corrected chi connectivity index (χ3v) is 8.66. The second-order valence-electron chi connectivity index (χ2n) is 10.4. The zero-order valence-electron chi connectivity index (χ0n) is 20.4. The molecule has 3 rings (SSSR count). The number of hydrogen-bond acceptors (Lipinski definition) is 4. The van der Waals surface area contributed by atoms with Gasteiger partial charge in [-0.05, 0) is 0 Å². The number of benzene rings is 1. The maximum absolute atomic E-state index is 6.22. The van der Waals surface area contributed by atoms with E-state index in [-0.39, 0.29) is 11.2 Å². The van der Waals surface area contributed by atoms with E-state index in [4.69, 9.17) is 19.0 Å². The van der Waals surface area contributed by atoms with Gasteiger partial charge in [-0.2, -0.15) is 0 Å². The maximum atomic E-state index is 6.22. The van der Waals surface area contributed by atoms with Crippen LogP contribution in [0.2, 0.25) is 0 Å². The number of aromatic nitrogens is 2. The van der Waals surface area contributed by atoms with E-state index >= 15 is 0 Å². The average molecular weight is 616 g/mol. The Morgan fingerprint density at radius 3 is 2.35 bits per heavy atom. The molecule has 0 atom stereocenters. The van der Waals surface area contributed by atoms with E-state index in [1.807, 2.05) is 0 Å². The van der Waals surface area contributed by atoms with E-state index in [2.05, 4.69) is 75.2 Å². The van der Waals surface area contributed by atoms with Crippen LogP contribution in [0.1, 0.15) is 72.0 Å². The van der Waals surface area contributed by atoms with E-state index < -0.39 is 7.12 Å². The number of methoxy groups -OCH3 is 1. The van der Waals surface area contributed by atoms with Crippen LogP contribution in [0.5, 0.6) is 5.75 Å². The Morgan fingerprint density at radius 1 is 1.13 bits per heavy atom. The summed E-state index contributed by atoms with van der Waals surface area (Å²) in [5.41, 5.74) is 2.97. The average Bonchev–Trinajstić information content (AvgIpc) is 3.13.